The normalized spacial score (nSPS) is 16.7. The summed E-state index contributed by atoms with van der Waals surface area (Å²) in [6.07, 6.45) is 16.4. The smallest absolute Gasteiger partial charge is 0.0323 e. The van der Waals surface area contributed by atoms with Crippen LogP contribution in [0, 0.1) is 11.8 Å². The van der Waals surface area contributed by atoms with E-state index >= 15 is 0 Å². The second-order valence-electron chi connectivity index (χ2n) is 12.2. The van der Waals surface area contributed by atoms with Crippen molar-refractivity contribution in [3.05, 3.63) is 106 Å². The summed E-state index contributed by atoms with van der Waals surface area (Å²) in [5.41, 5.74) is 10.2. The molecular formula is C42H56. The lowest BCUT2D eigenvalue weighted by Crippen LogP contribution is -2.07. The molecule has 3 aromatic carbocycles. The predicted molar refractivity (Wildman–Crippen MR) is 188 cm³/mol. The Morgan fingerprint density at radius 2 is 1.57 bits per heavy atom. The summed E-state index contributed by atoms with van der Waals surface area (Å²) in [6, 6.07) is 20.8. The van der Waals surface area contributed by atoms with Crippen molar-refractivity contribution in [3.8, 4) is 11.8 Å². The summed E-state index contributed by atoms with van der Waals surface area (Å²) < 4.78 is 0. The first-order valence-electron chi connectivity index (χ1n) is 16.5. The van der Waals surface area contributed by atoms with E-state index in [1.807, 2.05) is 0 Å². The fourth-order valence-electron chi connectivity index (χ4n) is 6.75. The molecule has 0 amide bonds. The Hall–Kier alpha value is -3.04. The molecule has 0 bridgehead atoms. The summed E-state index contributed by atoms with van der Waals surface area (Å²) in [7, 11) is 0. The number of fused-ring (bicyclic) bond motifs is 1. The molecule has 42 heavy (non-hydrogen) atoms. The summed E-state index contributed by atoms with van der Waals surface area (Å²) in [6.45, 7) is 15.2. The van der Waals surface area contributed by atoms with Crippen molar-refractivity contribution in [2.45, 2.75) is 130 Å². The minimum Gasteiger partial charge on any atom is -0.0999 e. The van der Waals surface area contributed by atoms with Crippen molar-refractivity contribution in [1.82, 2.24) is 0 Å². The van der Waals surface area contributed by atoms with Crippen molar-refractivity contribution in [3.63, 3.8) is 0 Å². The minimum atomic E-state index is 0. The third-order valence-corrected chi connectivity index (χ3v) is 9.10. The van der Waals surface area contributed by atoms with Gasteiger partial charge in [0.15, 0.2) is 0 Å². The molecular weight excluding hydrogens is 504 g/mol. The molecule has 224 valence electrons. The highest BCUT2D eigenvalue weighted by atomic mass is 14.4. The molecule has 0 radical (unpaired) electrons. The second-order valence-corrected chi connectivity index (χ2v) is 12.2. The quantitative estimate of drug-likeness (QED) is 0.180. The Bertz CT molecular complexity index is 1390. The summed E-state index contributed by atoms with van der Waals surface area (Å²) in [4.78, 5) is 0. The maximum absolute atomic E-state index is 3.93. The molecule has 2 unspecified atom stereocenters. The summed E-state index contributed by atoms with van der Waals surface area (Å²) in [5, 5.41) is 2.65. The molecule has 2 aliphatic rings. The van der Waals surface area contributed by atoms with Crippen molar-refractivity contribution >= 4 is 10.8 Å². The van der Waals surface area contributed by atoms with Gasteiger partial charge in [0.05, 0.1) is 0 Å². The van der Waals surface area contributed by atoms with Crippen LogP contribution in [-0.2, 0) is 6.42 Å². The molecule has 0 aromatic heterocycles. The van der Waals surface area contributed by atoms with Gasteiger partial charge in [0, 0.05) is 23.8 Å². The van der Waals surface area contributed by atoms with Crippen LogP contribution in [0.2, 0.25) is 0 Å². The van der Waals surface area contributed by atoms with E-state index in [2.05, 4.69) is 114 Å². The van der Waals surface area contributed by atoms with Crippen molar-refractivity contribution in [1.29, 1.82) is 0 Å². The Balaban J connectivity index is 0.000000475. The van der Waals surface area contributed by atoms with E-state index in [0.717, 1.165) is 24.3 Å². The largest absolute Gasteiger partial charge is 0.0999 e. The van der Waals surface area contributed by atoms with Crippen LogP contribution < -0.4 is 0 Å². The Morgan fingerprint density at radius 1 is 0.881 bits per heavy atom. The number of rotatable bonds is 9. The monoisotopic (exact) mass is 560 g/mol. The van der Waals surface area contributed by atoms with Gasteiger partial charge in [-0.2, -0.15) is 0 Å². The lowest BCUT2D eigenvalue weighted by molar-refractivity contribution is 0.443. The van der Waals surface area contributed by atoms with E-state index in [-0.39, 0.29) is 7.43 Å². The molecule has 0 saturated heterocycles. The molecule has 2 atom stereocenters. The zero-order valence-electron chi connectivity index (χ0n) is 26.5. The number of allylic oxidation sites excluding steroid dienone is 3. The second kappa shape index (κ2) is 16.6. The highest BCUT2D eigenvalue weighted by Crippen LogP contribution is 2.50. The SMILES string of the molecule is C.C=C(CCC)CCC.CCC#Cc1ccc(C2C=C2C(C)c2cc(C3CCCCC3)ccc2CC)c2ccccc12. The number of benzene rings is 3. The lowest BCUT2D eigenvalue weighted by Gasteiger charge is -2.24. The van der Waals surface area contributed by atoms with E-state index in [0.29, 0.717) is 11.8 Å². The summed E-state index contributed by atoms with van der Waals surface area (Å²) >= 11 is 0. The van der Waals surface area contributed by atoms with Crippen molar-refractivity contribution < 1.29 is 0 Å². The first kappa shape index (κ1) is 33.5. The van der Waals surface area contributed by atoms with Crippen LogP contribution in [0.25, 0.3) is 10.8 Å². The highest BCUT2D eigenvalue weighted by molar-refractivity contribution is 5.92. The average molecular weight is 561 g/mol. The molecule has 2 aliphatic carbocycles. The average Bonchev–Trinajstić information content (AvgIpc) is 3.81. The molecule has 0 heterocycles. The van der Waals surface area contributed by atoms with E-state index in [1.54, 1.807) is 16.7 Å². The van der Waals surface area contributed by atoms with Crippen LogP contribution >= 0.6 is 0 Å². The topological polar surface area (TPSA) is 0 Å². The predicted octanol–water partition coefficient (Wildman–Crippen LogP) is 12.8. The van der Waals surface area contributed by atoms with E-state index in [1.165, 1.54) is 85.3 Å². The third kappa shape index (κ3) is 8.28. The Labute approximate surface area is 258 Å². The molecule has 3 aromatic rings. The highest BCUT2D eigenvalue weighted by Gasteiger charge is 2.33. The van der Waals surface area contributed by atoms with Gasteiger partial charge in [0.25, 0.3) is 0 Å². The zero-order valence-corrected chi connectivity index (χ0v) is 26.5. The van der Waals surface area contributed by atoms with Crippen LogP contribution in [0.3, 0.4) is 0 Å². The van der Waals surface area contributed by atoms with Crippen LogP contribution in [-0.4, -0.2) is 0 Å². The fourth-order valence-corrected chi connectivity index (χ4v) is 6.75. The van der Waals surface area contributed by atoms with Gasteiger partial charge in [-0.3, -0.25) is 0 Å². The molecule has 1 fully saturated rings. The molecule has 0 spiro atoms. The van der Waals surface area contributed by atoms with Gasteiger partial charge in [0.2, 0.25) is 0 Å². The minimum absolute atomic E-state index is 0. The Kier molecular flexibility index (Phi) is 13.2. The van der Waals surface area contributed by atoms with E-state index < -0.39 is 0 Å². The first-order valence-corrected chi connectivity index (χ1v) is 16.5. The fraction of sp³-hybridized carbons (Fsp3) is 0.476. The van der Waals surface area contributed by atoms with E-state index in [4.69, 9.17) is 0 Å². The summed E-state index contributed by atoms with van der Waals surface area (Å²) in [5.74, 6) is 8.32. The number of hydrogen-bond donors (Lipinski definition) is 0. The van der Waals surface area contributed by atoms with Gasteiger partial charge in [-0.1, -0.05) is 158 Å². The number of hydrogen-bond acceptors (Lipinski definition) is 0. The molecule has 1 saturated carbocycles. The molecule has 0 heteroatoms. The Morgan fingerprint density at radius 3 is 2.21 bits per heavy atom. The molecule has 0 N–H and O–H groups in total. The van der Waals surface area contributed by atoms with Gasteiger partial charge in [-0.25, -0.2) is 0 Å². The van der Waals surface area contributed by atoms with E-state index in [9.17, 15) is 0 Å². The van der Waals surface area contributed by atoms with Gasteiger partial charge >= 0.3 is 0 Å². The van der Waals surface area contributed by atoms with Crippen molar-refractivity contribution in [2.24, 2.45) is 0 Å². The maximum Gasteiger partial charge on any atom is 0.0323 e. The molecule has 0 nitrogen and oxygen atoms in total. The van der Waals surface area contributed by atoms with Crippen LogP contribution in [0.5, 0.6) is 0 Å². The maximum atomic E-state index is 3.93. The third-order valence-electron chi connectivity index (χ3n) is 9.10. The van der Waals surface area contributed by atoms with Gasteiger partial charge in [-0.05, 0) is 77.1 Å². The van der Waals surface area contributed by atoms with Gasteiger partial charge in [-0.15, -0.1) is 0 Å². The van der Waals surface area contributed by atoms with Gasteiger partial charge < -0.3 is 0 Å². The lowest BCUT2D eigenvalue weighted by atomic mass is 9.81. The van der Waals surface area contributed by atoms with Crippen LogP contribution in [0.4, 0.5) is 0 Å². The van der Waals surface area contributed by atoms with Crippen molar-refractivity contribution in [2.75, 3.05) is 0 Å². The standard InChI is InChI=1S/C33H36.C8H16.CH4/c1-4-6-12-26-19-20-30(29-16-11-10-15-28(26)29)33-22-32(33)23(3)31-21-27(18-17-24(31)5-2)25-13-8-7-9-14-25;1-4-6-8(3)7-5-2;/h10-11,15-23,25,33H,4-5,7-9,13-14H2,1-3H3;3-7H2,1-2H3;1H4. The number of aryl methyl sites for hydroxylation is 1. The molecule has 5 rings (SSSR count). The zero-order chi connectivity index (χ0) is 29.2. The first-order chi connectivity index (χ1) is 20.0. The van der Waals surface area contributed by atoms with Crippen LogP contribution in [0.1, 0.15) is 152 Å². The van der Waals surface area contributed by atoms with Crippen LogP contribution in [0.15, 0.2) is 78.4 Å². The molecule has 0 aliphatic heterocycles. The van der Waals surface area contributed by atoms with Gasteiger partial charge in [0.1, 0.15) is 0 Å².